The molecular formula is C24H22N4O4S. The van der Waals surface area contributed by atoms with Gasteiger partial charge >= 0.3 is 6.01 Å². The van der Waals surface area contributed by atoms with E-state index in [0.29, 0.717) is 28.4 Å². The van der Waals surface area contributed by atoms with E-state index in [-0.39, 0.29) is 16.8 Å². The summed E-state index contributed by atoms with van der Waals surface area (Å²) in [6, 6.07) is 18.9. The Labute approximate surface area is 191 Å². The monoisotopic (exact) mass is 462 g/mol. The molecule has 1 atom stereocenters. The lowest BCUT2D eigenvalue weighted by atomic mass is 10.0. The molecule has 1 unspecified atom stereocenters. The first-order chi connectivity index (χ1) is 15.7. The van der Waals surface area contributed by atoms with Gasteiger partial charge in [0.2, 0.25) is 10.0 Å². The van der Waals surface area contributed by atoms with E-state index in [1.165, 1.54) is 12.1 Å². The maximum atomic E-state index is 13.3. The SMILES string of the molecule is CC(C)c1ccc2oc(N3c4ccc(S(N)(=O)=O)cc4NC(=O)C3c3ccccc3)nc2c1. The number of sulfonamides is 1. The highest BCUT2D eigenvalue weighted by Crippen LogP contribution is 2.44. The van der Waals surface area contributed by atoms with Gasteiger partial charge in [0.1, 0.15) is 11.6 Å². The molecule has 5 rings (SSSR count). The van der Waals surface area contributed by atoms with E-state index >= 15 is 0 Å². The van der Waals surface area contributed by atoms with Crippen molar-refractivity contribution in [3.63, 3.8) is 0 Å². The van der Waals surface area contributed by atoms with Gasteiger partial charge in [0.15, 0.2) is 5.58 Å². The van der Waals surface area contributed by atoms with Crippen LogP contribution in [0.25, 0.3) is 11.1 Å². The number of amides is 1. The number of hydrogen-bond acceptors (Lipinski definition) is 6. The zero-order valence-corrected chi connectivity index (χ0v) is 18.8. The molecule has 0 saturated carbocycles. The number of primary sulfonamides is 1. The Morgan fingerprint density at radius 2 is 1.82 bits per heavy atom. The smallest absolute Gasteiger partial charge is 0.304 e. The molecule has 168 valence electrons. The number of benzene rings is 3. The summed E-state index contributed by atoms with van der Waals surface area (Å²) in [7, 11) is -3.94. The first-order valence-corrected chi connectivity index (χ1v) is 12.0. The summed E-state index contributed by atoms with van der Waals surface area (Å²) < 4.78 is 29.8. The van der Waals surface area contributed by atoms with Crippen LogP contribution in [-0.4, -0.2) is 19.3 Å². The van der Waals surface area contributed by atoms with Gasteiger partial charge in [0.05, 0.1) is 16.3 Å². The summed E-state index contributed by atoms with van der Waals surface area (Å²) in [5.41, 5.74) is 3.99. The molecule has 2 heterocycles. The molecular weight excluding hydrogens is 440 g/mol. The molecule has 0 radical (unpaired) electrons. The molecule has 0 bridgehead atoms. The van der Waals surface area contributed by atoms with E-state index < -0.39 is 16.1 Å². The van der Waals surface area contributed by atoms with Gasteiger partial charge in [0.25, 0.3) is 5.91 Å². The minimum atomic E-state index is -3.94. The number of anilines is 3. The molecule has 9 heteroatoms. The van der Waals surface area contributed by atoms with Crippen LogP contribution in [0.4, 0.5) is 17.4 Å². The van der Waals surface area contributed by atoms with E-state index in [4.69, 9.17) is 14.5 Å². The van der Waals surface area contributed by atoms with E-state index in [0.717, 1.165) is 11.1 Å². The van der Waals surface area contributed by atoms with E-state index in [1.807, 2.05) is 48.5 Å². The normalized spacial score (nSPS) is 16.2. The Morgan fingerprint density at radius 3 is 2.52 bits per heavy atom. The van der Waals surface area contributed by atoms with Gasteiger partial charge in [-0.15, -0.1) is 0 Å². The van der Waals surface area contributed by atoms with Crippen LogP contribution in [0.2, 0.25) is 0 Å². The van der Waals surface area contributed by atoms with Crippen molar-refractivity contribution in [1.82, 2.24) is 4.98 Å². The molecule has 33 heavy (non-hydrogen) atoms. The third kappa shape index (κ3) is 3.75. The molecule has 1 aliphatic rings. The van der Waals surface area contributed by atoms with Crippen molar-refractivity contribution in [2.24, 2.45) is 5.14 Å². The van der Waals surface area contributed by atoms with E-state index in [1.54, 1.807) is 11.0 Å². The van der Waals surface area contributed by atoms with E-state index in [2.05, 4.69) is 19.2 Å². The summed E-state index contributed by atoms with van der Waals surface area (Å²) in [4.78, 5) is 19.5. The third-order valence-electron chi connectivity index (χ3n) is 5.71. The third-order valence-corrected chi connectivity index (χ3v) is 6.62. The fraction of sp³-hybridized carbons (Fsp3) is 0.167. The highest BCUT2D eigenvalue weighted by atomic mass is 32.2. The molecule has 1 amide bonds. The first kappa shape index (κ1) is 21.2. The number of nitrogens with one attached hydrogen (secondary N) is 1. The number of aromatic nitrogens is 1. The maximum absolute atomic E-state index is 13.3. The minimum Gasteiger partial charge on any atom is -0.423 e. The van der Waals surface area contributed by atoms with Crippen molar-refractivity contribution in [3.05, 3.63) is 77.9 Å². The molecule has 4 aromatic rings. The van der Waals surface area contributed by atoms with Gasteiger partial charge in [0, 0.05) is 0 Å². The lowest BCUT2D eigenvalue weighted by Crippen LogP contribution is -2.39. The average molecular weight is 463 g/mol. The van der Waals surface area contributed by atoms with E-state index in [9.17, 15) is 13.2 Å². The number of oxazole rings is 1. The van der Waals surface area contributed by atoms with Crippen molar-refractivity contribution in [3.8, 4) is 0 Å². The molecule has 0 aliphatic carbocycles. The molecule has 0 fully saturated rings. The summed E-state index contributed by atoms with van der Waals surface area (Å²) in [5.74, 6) is -0.0184. The van der Waals surface area contributed by atoms with Gasteiger partial charge in [-0.3, -0.25) is 9.69 Å². The summed E-state index contributed by atoms with van der Waals surface area (Å²) >= 11 is 0. The van der Waals surface area contributed by atoms with Crippen LogP contribution in [0.5, 0.6) is 0 Å². The second-order valence-corrected chi connectivity index (χ2v) is 9.84. The first-order valence-electron chi connectivity index (χ1n) is 10.4. The number of nitrogens with two attached hydrogens (primary N) is 1. The van der Waals surface area contributed by atoms with Crippen molar-refractivity contribution in [1.29, 1.82) is 0 Å². The van der Waals surface area contributed by atoms with Crippen molar-refractivity contribution < 1.29 is 17.6 Å². The second kappa shape index (κ2) is 7.72. The molecule has 8 nitrogen and oxygen atoms in total. The predicted molar refractivity (Wildman–Crippen MR) is 126 cm³/mol. The van der Waals surface area contributed by atoms with Crippen molar-refractivity contribution in [2.45, 2.75) is 30.7 Å². The van der Waals surface area contributed by atoms with Gasteiger partial charge in [-0.1, -0.05) is 50.2 Å². The highest BCUT2D eigenvalue weighted by Gasteiger charge is 2.38. The molecule has 0 saturated heterocycles. The predicted octanol–water partition coefficient (Wildman–Crippen LogP) is 4.43. The zero-order valence-electron chi connectivity index (χ0n) is 18.0. The van der Waals surface area contributed by atoms with Crippen LogP contribution in [-0.2, 0) is 14.8 Å². The van der Waals surface area contributed by atoms with Crippen LogP contribution >= 0.6 is 0 Å². The lowest BCUT2D eigenvalue weighted by molar-refractivity contribution is -0.117. The molecule has 1 aromatic heterocycles. The minimum absolute atomic E-state index is 0.0983. The molecule has 3 aromatic carbocycles. The Bertz CT molecular complexity index is 1480. The van der Waals surface area contributed by atoms with Crippen molar-refractivity contribution in [2.75, 3.05) is 10.2 Å². The number of carbonyl (C=O) groups is 1. The molecule has 1 aliphatic heterocycles. The summed E-state index contributed by atoms with van der Waals surface area (Å²) in [6.45, 7) is 4.20. The Kier molecular flexibility index (Phi) is 4.95. The van der Waals surface area contributed by atoms with Gasteiger partial charge < -0.3 is 9.73 Å². The lowest BCUT2D eigenvalue weighted by Gasteiger charge is -2.35. The van der Waals surface area contributed by atoms with Crippen LogP contribution in [0, 0.1) is 0 Å². The fourth-order valence-electron chi connectivity index (χ4n) is 4.00. The zero-order chi connectivity index (χ0) is 23.3. The number of carbonyl (C=O) groups excluding carboxylic acids is 1. The van der Waals surface area contributed by atoms with Crippen LogP contribution in [0.15, 0.2) is 76.0 Å². The topological polar surface area (TPSA) is 119 Å². The second-order valence-electron chi connectivity index (χ2n) is 8.27. The van der Waals surface area contributed by atoms with Gasteiger partial charge in [-0.2, -0.15) is 4.98 Å². The van der Waals surface area contributed by atoms with Crippen molar-refractivity contribution >= 4 is 44.4 Å². The largest absolute Gasteiger partial charge is 0.423 e. The maximum Gasteiger partial charge on any atom is 0.304 e. The molecule has 3 N–H and O–H groups in total. The van der Waals surface area contributed by atoms with Gasteiger partial charge in [-0.05, 0) is 47.4 Å². The number of rotatable bonds is 4. The summed E-state index contributed by atoms with van der Waals surface area (Å²) in [5, 5.41) is 8.10. The highest BCUT2D eigenvalue weighted by molar-refractivity contribution is 7.89. The fourth-order valence-corrected chi connectivity index (χ4v) is 4.54. The Morgan fingerprint density at radius 1 is 1.06 bits per heavy atom. The van der Waals surface area contributed by atoms with Crippen LogP contribution in [0.3, 0.4) is 0 Å². The van der Waals surface area contributed by atoms with Crippen LogP contribution < -0.4 is 15.4 Å². The standard InChI is InChI=1S/C24H22N4O4S/c1-14(2)16-8-11-21-19(12-16)27-24(32-21)28-20-10-9-17(33(25,30)31)13-18(20)26-23(29)22(28)15-6-4-3-5-7-15/h3-14,22H,1-2H3,(H,26,29)(H2,25,30,31). The Hall–Kier alpha value is -3.69. The van der Waals surface area contributed by atoms with Gasteiger partial charge in [-0.25, -0.2) is 13.6 Å². The number of fused-ring (bicyclic) bond motifs is 2. The number of hydrogen-bond donors (Lipinski definition) is 2. The average Bonchev–Trinajstić information content (AvgIpc) is 3.20. The van der Waals surface area contributed by atoms with Crippen LogP contribution in [0.1, 0.15) is 36.9 Å². The number of nitrogens with zero attached hydrogens (tertiary/aromatic N) is 2. The summed E-state index contributed by atoms with van der Waals surface area (Å²) in [6.07, 6.45) is 0. The Balaban J connectivity index is 1.72. The molecule has 0 spiro atoms. The quantitative estimate of drug-likeness (QED) is 0.463.